The Morgan fingerprint density at radius 1 is 0.740 bits per heavy atom. The molecule has 0 amide bonds. The third-order valence-electron chi connectivity index (χ3n) is 9.39. The summed E-state index contributed by atoms with van der Waals surface area (Å²) in [5.41, 5.74) is 8.88. The lowest BCUT2D eigenvalue weighted by Gasteiger charge is -2.14. The molecule has 1 heterocycles. The van der Waals surface area contributed by atoms with E-state index in [4.69, 9.17) is 4.84 Å². The zero-order valence-corrected chi connectivity index (χ0v) is 30.3. The number of carbonyl (C=O) groups is 2. The van der Waals surface area contributed by atoms with Gasteiger partial charge in [0.2, 0.25) is 0 Å². The van der Waals surface area contributed by atoms with E-state index in [2.05, 4.69) is 9.72 Å². The first-order chi connectivity index (χ1) is 23.9. The summed E-state index contributed by atoms with van der Waals surface area (Å²) >= 11 is 0. The van der Waals surface area contributed by atoms with Gasteiger partial charge in [-0.1, -0.05) is 90.8 Å². The van der Waals surface area contributed by atoms with Crippen LogP contribution in [-0.4, -0.2) is 42.0 Å². The maximum atomic E-state index is 14.6. The number of aryl methyl sites for hydroxylation is 5. The molecule has 50 heavy (non-hydrogen) atoms. The molecule has 0 aliphatic rings. The van der Waals surface area contributed by atoms with Crippen LogP contribution < -0.4 is 0 Å². The van der Waals surface area contributed by atoms with Crippen LogP contribution in [0.15, 0.2) is 90.1 Å². The van der Waals surface area contributed by atoms with E-state index < -0.39 is 15.8 Å². The maximum absolute atomic E-state index is 14.6. The number of aromatic nitrogens is 1. The fourth-order valence-corrected chi connectivity index (χ4v) is 8.50. The van der Waals surface area contributed by atoms with E-state index in [1.54, 1.807) is 0 Å². The lowest BCUT2D eigenvalue weighted by Crippen LogP contribution is -2.16. The van der Waals surface area contributed by atoms with Crippen LogP contribution in [0.25, 0.3) is 32.6 Å². The smallest absolute Gasteiger partial charge is 0.332 e. The number of oxime groups is 1. The number of fused-ring (bicyclic) bond motifs is 5. The predicted molar refractivity (Wildman–Crippen MR) is 203 cm³/mol. The molecule has 0 aliphatic heterocycles. The third-order valence-corrected chi connectivity index (χ3v) is 11.1. The van der Waals surface area contributed by atoms with Crippen LogP contribution in [0.4, 0.5) is 0 Å². The molecular weight excluding hydrogens is 645 g/mol. The molecule has 0 spiro atoms. The van der Waals surface area contributed by atoms with Crippen molar-refractivity contribution >= 4 is 59.9 Å². The second kappa shape index (κ2) is 14.0. The Morgan fingerprint density at radius 2 is 1.42 bits per heavy atom. The summed E-state index contributed by atoms with van der Waals surface area (Å²) in [6.45, 7) is 11.5. The van der Waals surface area contributed by atoms with Gasteiger partial charge in [-0.2, -0.15) is 0 Å². The Bertz CT molecular complexity index is 2430. The zero-order valence-electron chi connectivity index (χ0n) is 29.5. The van der Waals surface area contributed by atoms with Crippen molar-refractivity contribution in [3.8, 4) is 0 Å². The minimum atomic E-state index is -3.30. The highest BCUT2D eigenvalue weighted by molar-refractivity contribution is 7.91. The molecule has 0 aliphatic carbocycles. The monoisotopic (exact) mass is 686 g/mol. The average molecular weight is 687 g/mol. The Morgan fingerprint density at radius 3 is 2.10 bits per heavy atom. The van der Waals surface area contributed by atoms with E-state index in [9.17, 15) is 18.0 Å². The van der Waals surface area contributed by atoms with Crippen molar-refractivity contribution in [3.63, 3.8) is 0 Å². The summed E-state index contributed by atoms with van der Waals surface area (Å²) in [7, 11) is -3.30. The Balaban J connectivity index is 1.66. The van der Waals surface area contributed by atoms with Gasteiger partial charge >= 0.3 is 5.97 Å². The molecule has 0 radical (unpaired) electrons. The summed E-state index contributed by atoms with van der Waals surface area (Å²) < 4.78 is 28.4. The van der Waals surface area contributed by atoms with Crippen LogP contribution in [0.2, 0.25) is 0 Å². The van der Waals surface area contributed by atoms with Crippen molar-refractivity contribution in [3.05, 3.63) is 129 Å². The zero-order chi connectivity index (χ0) is 35.7. The first-order valence-electron chi connectivity index (χ1n) is 17.0. The number of benzene rings is 5. The highest BCUT2D eigenvalue weighted by Gasteiger charge is 2.24. The molecular formula is C42H42N2O5S. The van der Waals surface area contributed by atoms with Crippen LogP contribution >= 0.6 is 0 Å². The highest BCUT2D eigenvalue weighted by Crippen LogP contribution is 2.38. The second-order valence-electron chi connectivity index (χ2n) is 13.2. The summed E-state index contributed by atoms with van der Waals surface area (Å²) in [6.07, 6.45) is 1.42. The first kappa shape index (κ1) is 34.8. The van der Waals surface area contributed by atoms with Crippen LogP contribution in [0, 0.1) is 27.7 Å². The molecule has 256 valence electrons. The van der Waals surface area contributed by atoms with Crippen molar-refractivity contribution in [2.24, 2.45) is 5.16 Å². The second-order valence-corrected chi connectivity index (χ2v) is 15.5. The lowest BCUT2D eigenvalue weighted by molar-refractivity contribution is -0.140. The molecule has 7 nitrogen and oxygen atoms in total. The van der Waals surface area contributed by atoms with Gasteiger partial charge in [0, 0.05) is 57.4 Å². The van der Waals surface area contributed by atoms with Crippen LogP contribution in [0.1, 0.15) is 76.0 Å². The minimum Gasteiger partial charge on any atom is -0.339 e. The Kier molecular flexibility index (Phi) is 9.76. The fraction of sp³-hybridized carbons (Fsp3) is 0.262. The number of hydrogen-bond donors (Lipinski definition) is 0. The molecule has 0 saturated carbocycles. The predicted octanol–water partition coefficient (Wildman–Crippen LogP) is 8.94. The standard InChI is InChI=1S/C42H42N2O5S/c1-7-8-20-50(47,48)21-19-44-38-18-17-31(40(43-49-30(6)45)32-14-10-9-13-27(32)3)24-35(38)36-25-37(33-15-11-12-16-34(33)41(36)44)42(46)39-28(4)22-26(2)23-29(39)5/h9-18,22-25H,7-8,19-21H2,1-6H3/b43-40+. The van der Waals surface area contributed by atoms with Gasteiger partial charge in [0.15, 0.2) is 15.6 Å². The van der Waals surface area contributed by atoms with Gasteiger partial charge in [0.1, 0.15) is 5.71 Å². The van der Waals surface area contributed by atoms with Gasteiger partial charge < -0.3 is 9.40 Å². The van der Waals surface area contributed by atoms with Gasteiger partial charge in [-0.3, -0.25) is 4.79 Å². The number of hydrogen-bond acceptors (Lipinski definition) is 6. The Labute approximate surface area is 293 Å². The van der Waals surface area contributed by atoms with Crippen molar-refractivity contribution < 1.29 is 22.8 Å². The third kappa shape index (κ3) is 6.72. The van der Waals surface area contributed by atoms with Gasteiger partial charge in [-0.05, 0) is 74.4 Å². The first-order valence-corrected chi connectivity index (χ1v) is 18.8. The molecule has 0 N–H and O–H groups in total. The van der Waals surface area contributed by atoms with E-state index in [0.717, 1.165) is 66.8 Å². The quantitative estimate of drug-likeness (QED) is 0.0587. The molecule has 6 aromatic rings. The van der Waals surface area contributed by atoms with Crippen molar-refractivity contribution in [2.45, 2.75) is 60.9 Å². The fourth-order valence-electron chi connectivity index (χ4n) is 7.11. The van der Waals surface area contributed by atoms with Gasteiger partial charge in [0.25, 0.3) is 0 Å². The van der Waals surface area contributed by atoms with Crippen LogP contribution in [0.3, 0.4) is 0 Å². The van der Waals surface area contributed by atoms with Gasteiger partial charge in [-0.15, -0.1) is 0 Å². The van der Waals surface area contributed by atoms with E-state index >= 15 is 0 Å². The summed E-state index contributed by atoms with van der Waals surface area (Å²) in [4.78, 5) is 31.7. The van der Waals surface area contributed by atoms with Gasteiger partial charge in [0.05, 0.1) is 17.0 Å². The summed E-state index contributed by atoms with van der Waals surface area (Å²) in [5.74, 6) is -0.456. The molecule has 0 unspecified atom stereocenters. The number of carbonyl (C=O) groups excluding carboxylic acids is 2. The van der Waals surface area contributed by atoms with Crippen LogP contribution in [-0.2, 0) is 26.0 Å². The summed E-state index contributed by atoms with van der Waals surface area (Å²) in [5, 5.41) is 7.64. The molecule has 5 aromatic carbocycles. The van der Waals surface area contributed by atoms with Crippen molar-refractivity contribution in [1.82, 2.24) is 4.57 Å². The topological polar surface area (TPSA) is 94.8 Å². The van der Waals surface area contributed by atoms with Crippen LogP contribution in [0.5, 0.6) is 0 Å². The average Bonchev–Trinajstić information content (AvgIpc) is 3.39. The largest absolute Gasteiger partial charge is 0.339 e. The molecule has 0 atom stereocenters. The number of ketones is 1. The van der Waals surface area contributed by atoms with Crippen molar-refractivity contribution in [2.75, 3.05) is 11.5 Å². The molecule has 6 rings (SSSR count). The maximum Gasteiger partial charge on any atom is 0.332 e. The number of unbranched alkanes of at least 4 members (excludes halogenated alkanes) is 1. The minimum absolute atomic E-state index is 0.00718. The SMILES string of the molecule is CCCCS(=O)(=O)CCn1c2ccc(/C(=N\OC(C)=O)c3ccccc3C)cc2c2cc(C(=O)c3c(C)cc(C)cc3C)c3ccccc3c21. The normalized spacial score (nSPS) is 12.2. The number of sulfone groups is 1. The molecule has 0 fully saturated rings. The number of rotatable bonds is 11. The van der Waals surface area contributed by atoms with Gasteiger partial charge in [-0.25, -0.2) is 13.2 Å². The van der Waals surface area contributed by atoms with E-state index in [1.807, 2.05) is 120 Å². The molecule has 0 bridgehead atoms. The summed E-state index contributed by atoms with van der Waals surface area (Å²) in [6, 6.07) is 27.5. The van der Waals surface area contributed by atoms with E-state index in [1.165, 1.54) is 6.92 Å². The van der Waals surface area contributed by atoms with E-state index in [-0.39, 0.29) is 23.8 Å². The Hall–Kier alpha value is -5.08. The molecule has 8 heteroatoms. The highest BCUT2D eigenvalue weighted by atomic mass is 32.2. The molecule has 1 aromatic heterocycles. The molecule has 0 saturated heterocycles. The lowest BCUT2D eigenvalue weighted by atomic mass is 9.89. The van der Waals surface area contributed by atoms with E-state index in [0.29, 0.717) is 28.8 Å². The van der Waals surface area contributed by atoms with Crippen molar-refractivity contribution in [1.29, 1.82) is 0 Å². The number of nitrogens with zero attached hydrogens (tertiary/aromatic N) is 2.